The molecule has 0 aliphatic carbocycles. The van der Waals surface area contributed by atoms with Crippen LogP contribution in [0.1, 0.15) is 10.4 Å². The van der Waals surface area contributed by atoms with E-state index in [1.807, 2.05) is 0 Å². The number of aromatic carboxylic acids is 1. The van der Waals surface area contributed by atoms with Gasteiger partial charge in [-0.2, -0.15) is 0 Å². The summed E-state index contributed by atoms with van der Waals surface area (Å²) in [6.07, 6.45) is 0. The molecular weight excluding hydrogens is 241 g/mol. The van der Waals surface area contributed by atoms with Gasteiger partial charge in [0, 0.05) is 0 Å². The Morgan fingerprint density at radius 2 is 1.57 bits per heavy atom. The van der Waals surface area contributed by atoms with Crippen molar-refractivity contribution in [1.82, 2.24) is 0 Å². The normalized spacial score (nSPS) is 6.57. The van der Waals surface area contributed by atoms with Crippen molar-refractivity contribution in [2.45, 2.75) is 0 Å². The quantitative estimate of drug-likeness (QED) is 0.416. The molecule has 0 aliphatic rings. The summed E-state index contributed by atoms with van der Waals surface area (Å²) >= 11 is 0. The fourth-order valence-corrected chi connectivity index (χ4v) is 0.581. The van der Waals surface area contributed by atoms with E-state index < -0.39 is 5.97 Å². The first-order valence-corrected chi connectivity index (χ1v) is 2.97. The molecule has 0 radical (unpaired) electrons. The number of carbonyl (C=O) groups is 1. The number of nitrogens with zero attached hydrogens (tertiary/aromatic N) is 1. The summed E-state index contributed by atoms with van der Waals surface area (Å²) in [4.78, 5) is 18.3. The van der Waals surface area contributed by atoms with Crippen molar-refractivity contribution in [2.75, 3.05) is 0 Å². The summed E-state index contributed by atoms with van der Waals surface area (Å²) in [5.41, 5.74) is 0.331. The van der Waals surface area contributed by atoms with Gasteiger partial charge in [-0.1, -0.05) is 18.2 Å². The topological polar surface area (TPSA) is 87.0 Å². The summed E-state index contributed by atoms with van der Waals surface area (Å²) < 4.78 is 0. The molecule has 0 saturated carbocycles. The van der Waals surface area contributed by atoms with E-state index in [0.29, 0.717) is 5.56 Å². The van der Waals surface area contributed by atoms with E-state index in [-0.39, 0.29) is 89.1 Å². The number of rotatable bonds is 1. The van der Waals surface area contributed by atoms with Crippen LogP contribution in [-0.4, -0.2) is 105 Å². The van der Waals surface area contributed by atoms with Crippen LogP contribution in [0.25, 0.3) is 0 Å². The molecule has 1 aromatic rings. The van der Waals surface area contributed by atoms with E-state index in [1.165, 1.54) is 5.34 Å². The zero-order valence-corrected chi connectivity index (χ0v) is 6.04. The van der Waals surface area contributed by atoms with Gasteiger partial charge in [-0.3, -0.25) is 0 Å². The predicted octanol–water partition coefficient (Wildman–Crippen LogP) is -0.0379. The minimum absolute atomic E-state index is 0. The van der Waals surface area contributed by atoms with Crippen molar-refractivity contribution in [2.24, 2.45) is 5.34 Å². The summed E-state index contributed by atoms with van der Waals surface area (Å²) in [6.45, 7) is 0. The SMILES string of the molecule is O=C(O)c1ccccc1.O=NO.[CaH2].[KH]. The first-order valence-electron chi connectivity index (χ1n) is 2.97. The number of carboxylic acid groups (broad SMARTS) is 1. The Morgan fingerprint density at radius 1 is 1.21 bits per heavy atom. The molecule has 0 aliphatic heterocycles. The molecule has 14 heavy (non-hydrogen) atoms. The standard InChI is InChI=1S/C7H6O2.Ca.K.HNO2.3H/c8-7(9)6-4-2-1-3-5-6;;;2-1-3;;;/h1-5H,(H,8,9);;;(H,2,3);;;. The average molecular weight is 251 g/mol. The Hall–Kier alpha value is 0.986. The van der Waals surface area contributed by atoms with Crippen LogP contribution in [-0.2, 0) is 0 Å². The second kappa shape index (κ2) is 14.0. The van der Waals surface area contributed by atoms with Crippen molar-refractivity contribution in [1.29, 1.82) is 0 Å². The molecule has 0 bridgehead atoms. The van der Waals surface area contributed by atoms with E-state index >= 15 is 0 Å². The van der Waals surface area contributed by atoms with Crippen LogP contribution in [0.3, 0.4) is 0 Å². The second-order valence-corrected chi connectivity index (χ2v) is 1.75. The minimum atomic E-state index is -0.879. The van der Waals surface area contributed by atoms with E-state index in [1.54, 1.807) is 30.3 Å². The third-order valence-electron chi connectivity index (χ3n) is 1.02. The Bertz CT molecular complexity index is 257. The van der Waals surface area contributed by atoms with Crippen molar-refractivity contribution in [3.05, 3.63) is 40.8 Å². The first-order chi connectivity index (χ1) is 5.72. The van der Waals surface area contributed by atoms with Crippen molar-refractivity contribution in [3.63, 3.8) is 0 Å². The molecule has 0 unspecified atom stereocenters. The molecule has 0 fully saturated rings. The molecule has 2 N–H and O–H groups in total. The Labute approximate surface area is 153 Å². The van der Waals surface area contributed by atoms with Gasteiger partial charge in [0.2, 0.25) is 0 Å². The molecule has 0 heterocycles. The van der Waals surface area contributed by atoms with Gasteiger partial charge in [-0.25, -0.2) is 4.79 Å². The summed E-state index contributed by atoms with van der Waals surface area (Å²) in [5, 5.41) is 16.3. The van der Waals surface area contributed by atoms with Gasteiger partial charge in [-0.05, 0) is 12.1 Å². The molecule has 7 heteroatoms. The van der Waals surface area contributed by atoms with Gasteiger partial charge in [-0.15, -0.1) is 4.91 Å². The van der Waals surface area contributed by atoms with Crippen molar-refractivity contribution in [3.8, 4) is 0 Å². The third kappa shape index (κ3) is 11.1. The third-order valence-corrected chi connectivity index (χ3v) is 1.02. The predicted molar refractivity (Wildman–Crippen MR) is 56.7 cm³/mol. The maximum absolute atomic E-state index is 10.2. The number of hydrogen-bond donors (Lipinski definition) is 2. The van der Waals surface area contributed by atoms with Gasteiger partial charge >= 0.3 is 95.1 Å². The zero-order valence-electron chi connectivity index (χ0n) is 6.04. The van der Waals surface area contributed by atoms with Crippen LogP contribution < -0.4 is 0 Å². The Kier molecular flexibility index (Phi) is 20.4. The van der Waals surface area contributed by atoms with Crippen LogP contribution >= 0.6 is 0 Å². The van der Waals surface area contributed by atoms with Crippen molar-refractivity contribution < 1.29 is 15.1 Å². The fourth-order valence-electron chi connectivity index (χ4n) is 0.581. The van der Waals surface area contributed by atoms with Crippen LogP contribution in [0.4, 0.5) is 0 Å². The van der Waals surface area contributed by atoms with E-state index in [0.717, 1.165) is 0 Å². The number of carboxylic acids is 1. The fraction of sp³-hybridized carbons (Fsp3) is 0. The summed E-state index contributed by atoms with van der Waals surface area (Å²) in [7, 11) is 0. The monoisotopic (exact) mass is 251 g/mol. The van der Waals surface area contributed by atoms with Crippen LogP contribution in [0.2, 0.25) is 0 Å². The maximum atomic E-state index is 10.2. The molecule has 0 spiro atoms. The van der Waals surface area contributed by atoms with Gasteiger partial charge < -0.3 is 10.3 Å². The second-order valence-electron chi connectivity index (χ2n) is 1.75. The van der Waals surface area contributed by atoms with Gasteiger partial charge in [0.1, 0.15) is 0 Å². The first kappa shape index (κ1) is 20.4. The Balaban J connectivity index is -0.000000218. The number of hydrogen-bond acceptors (Lipinski definition) is 3. The molecule has 0 amide bonds. The zero-order chi connectivity index (χ0) is 9.40. The van der Waals surface area contributed by atoms with E-state index in [9.17, 15) is 4.79 Å². The molecule has 0 saturated heterocycles. The molecular formula is C7H10CaKNO4. The molecule has 5 nitrogen and oxygen atoms in total. The van der Waals surface area contributed by atoms with Gasteiger partial charge in [0.15, 0.2) is 5.34 Å². The molecule has 1 rings (SSSR count). The number of benzene rings is 1. The molecule has 0 aromatic heterocycles. The van der Waals surface area contributed by atoms with Crippen molar-refractivity contribution >= 4 is 95.1 Å². The molecule has 0 atom stereocenters. The summed E-state index contributed by atoms with van der Waals surface area (Å²) in [5.74, 6) is -0.879. The van der Waals surface area contributed by atoms with Crippen LogP contribution in [0.5, 0.6) is 0 Å². The molecule has 1 aromatic carbocycles. The Morgan fingerprint density at radius 3 is 1.79 bits per heavy atom. The van der Waals surface area contributed by atoms with E-state index in [2.05, 4.69) is 0 Å². The van der Waals surface area contributed by atoms with Crippen LogP contribution in [0.15, 0.2) is 35.7 Å². The molecule has 70 valence electrons. The van der Waals surface area contributed by atoms with Crippen LogP contribution in [0, 0.1) is 4.91 Å². The summed E-state index contributed by atoms with van der Waals surface area (Å²) in [6, 6.07) is 8.30. The van der Waals surface area contributed by atoms with Gasteiger partial charge in [0.05, 0.1) is 5.56 Å². The van der Waals surface area contributed by atoms with Gasteiger partial charge in [0.25, 0.3) is 0 Å². The average Bonchev–Trinajstić information content (AvgIpc) is 2.07. The van der Waals surface area contributed by atoms with E-state index in [4.69, 9.17) is 15.2 Å².